The van der Waals surface area contributed by atoms with Crippen LogP contribution in [0.1, 0.15) is 11.1 Å². The number of aryl methyl sites for hydroxylation is 1. The molecule has 1 amide bonds. The van der Waals surface area contributed by atoms with Crippen LogP contribution in [0.3, 0.4) is 0 Å². The van der Waals surface area contributed by atoms with Crippen LogP contribution in [0.25, 0.3) is 0 Å². The van der Waals surface area contributed by atoms with Gasteiger partial charge in [0.25, 0.3) is 0 Å². The van der Waals surface area contributed by atoms with Gasteiger partial charge in [0.2, 0.25) is 5.91 Å². The Morgan fingerprint density at radius 2 is 1.73 bits per heavy atom. The van der Waals surface area contributed by atoms with Crippen molar-refractivity contribution in [1.82, 2.24) is 15.3 Å². The molecule has 1 aliphatic heterocycles. The number of carbonyl (C=O) groups is 1. The minimum atomic E-state index is -0.0811. The van der Waals surface area contributed by atoms with Gasteiger partial charge in [0.1, 0.15) is 11.0 Å². The van der Waals surface area contributed by atoms with Crippen LogP contribution >= 0.6 is 23.4 Å². The Bertz CT molecular complexity index is 1220. The van der Waals surface area contributed by atoms with Crippen molar-refractivity contribution in [3.63, 3.8) is 0 Å². The number of anilines is 2. The quantitative estimate of drug-likeness (QED) is 0.232. The zero-order chi connectivity index (χ0) is 26.2. The lowest BCUT2D eigenvalue weighted by Gasteiger charge is -2.37. The number of piperazine rings is 1. The highest BCUT2D eigenvalue weighted by Crippen LogP contribution is 2.28. The number of benzene rings is 2. The van der Waals surface area contributed by atoms with Crippen molar-refractivity contribution in [3.05, 3.63) is 64.8 Å². The van der Waals surface area contributed by atoms with Crippen LogP contribution in [0.2, 0.25) is 5.15 Å². The van der Waals surface area contributed by atoms with E-state index in [2.05, 4.69) is 56.3 Å². The lowest BCUT2D eigenvalue weighted by atomic mass is 10.1. The Morgan fingerprint density at radius 3 is 2.46 bits per heavy atom. The molecule has 0 radical (unpaired) electrons. The van der Waals surface area contributed by atoms with Gasteiger partial charge in [0.15, 0.2) is 16.7 Å². The van der Waals surface area contributed by atoms with E-state index in [1.54, 1.807) is 20.3 Å². The largest absolute Gasteiger partial charge is 0.493 e. The third kappa shape index (κ3) is 7.20. The predicted molar refractivity (Wildman–Crippen MR) is 150 cm³/mol. The number of rotatable bonds is 10. The van der Waals surface area contributed by atoms with Gasteiger partial charge < -0.3 is 24.6 Å². The van der Waals surface area contributed by atoms with E-state index in [1.165, 1.54) is 23.0 Å². The fraction of sp³-hybridized carbons (Fsp3) is 0.370. The number of ether oxygens (including phenoxy) is 2. The summed E-state index contributed by atoms with van der Waals surface area (Å²) in [6, 6.07) is 16.0. The first-order valence-electron chi connectivity index (χ1n) is 12.2. The van der Waals surface area contributed by atoms with Crippen LogP contribution in [0.5, 0.6) is 11.5 Å². The van der Waals surface area contributed by atoms with Crippen molar-refractivity contribution in [2.75, 3.05) is 62.5 Å². The van der Waals surface area contributed by atoms with E-state index < -0.39 is 0 Å². The fourth-order valence-electron chi connectivity index (χ4n) is 4.27. The Hall–Kier alpha value is -3.17. The van der Waals surface area contributed by atoms with E-state index in [9.17, 15) is 4.79 Å². The summed E-state index contributed by atoms with van der Waals surface area (Å²) in [5, 5.41) is 3.83. The van der Waals surface area contributed by atoms with E-state index in [-0.39, 0.29) is 11.7 Å². The molecule has 1 aliphatic rings. The molecule has 37 heavy (non-hydrogen) atoms. The molecule has 0 unspecified atom stereocenters. The second kappa shape index (κ2) is 12.9. The molecule has 196 valence electrons. The summed E-state index contributed by atoms with van der Waals surface area (Å²) in [7, 11) is 3.21. The smallest absolute Gasteiger partial charge is 0.230 e. The van der Waals surface area contributed by atoms with Crippen LogP contribution in [0, 0.1) is 6.92 Å². The number of nitrogens with one attached hydrogen (secondary N) is 1. The third-order valence-corrected chi connectivity index (χ3v) is 7.28. The zero-order valence-corrected chi connectivity index (χ0v) is 22.9. The van der Waals surface area contributed by atoms with Crippen molar-refractivity contribution in [2.24, 2.45) is 0 Å². The SMILES string of the molecule is COc1ccc(CCNC(=O)CSc2nc(Cl)cc(N3CCN(c4ccccc4C)CC3)n2)cc1OC. The number of hydrogen-bond donors (Lipinski definition) is 1. The molecule has 0 saturated carbocycles. The maximum atomic E-state index is 12.4. The molecule has 1 aromatic heterocycles. The van der Waals surface area contributed by atoms with Crippen molar-refractivity contribution in [3.8, 4) is 11.5 Å². The number of hydrogen-bond acceptors (Lipinski definition) is 8. The Morgan fingerprint density at radius 1 is 1.00 bits per heavy atom. The Kier molecular flexibility index (Phi) is 9.35. The molecular weight excluding hydrogens is 510 g/mol. The van der Waals surface area contributed by atoms with Gasteiger partial charge >= 0.3 is 0 Å². The van der Waals surface area contributed by atoms with Crippen LogP contribution in [0.15, 0.2) is 53.7 Å². The monoisotopic (exact) mass is 541 g/mol. The number of nitrogens with zero attached hydrogens (tertiary/aromatic N) is 4. The number of para-hydroxylation sites is 1. The van der Waals surface area contributed by atoms with Crippen molar-refractivity contribution >= 4 is 40.8 Å². The summed E-state index contributed by atoms with van der Waals surface area (Å²) >= 11 is 7.59. The lowest BCUT2D eigenvalue weighted by Crippen LogP contribution is -2.47. The molecule has 0 bridgehead atoms. The highest BCUT2D eigenvalue weighted by Gasteiger charge is 2.20. The number of halogens is 1. The average molecular weight is 542 g/mol. The summed E-state index contributed by atoms with van der Waals surface area (Å²) in [5.74, 6) is 2.28. The van der Waals surface area contributed by atoms with Crippen molar-refractivity contribution in [1.29, 1.82) is 0 Å². The number of methoxy groups -OCH3 is 2. The van der Waals surface area contributed by atoms with Gasteiger partial charge in [-0.1, -0.05) is 47.6 Å². The molecule has 1 N–H and O–H groups in total. The Balaban J connectivity index is 1.26. The van der Waals surface area contributed by atoms with Gasteiger partial charge in [0.05, 0.1) is 20.0 Å². The molecule has 3 aromatic rings. The summed E-state index contributed by atoms with van der Waals surface area (Å²) in [6.07, 6.45) is 0.684. The van der Waals surface area contributed by atoms with E-state index in [0.717, 1.165) is 37.6 Å². The van der Waals surface area contributed by atoms with Crippen molar-refractivity contribution in [2.45, 2.75) is 18.5 Å². The van der Waals surface area contributed by atoms with Gasteiger partial charge in [-0.25, -0.2) is 9.97 Å². The number of carbonyl (C=O) groups excluding carboxylic acids is 1. The first-order valence-corrected chi connectivity index (χ1v) is 13.5. The van der Waals surface area contributed by atoms with Gasteiger partial charge in [-0.2, -0.15) is 0 Å². The van der Waals surface area contributed by atoms with Gasteiger partial charge in [-0.15, -0.1) is 0 Å². The van der Waals surface area contributed by atoms with Gasteiger partial charge in [0, 0.05) is 44.5 Å². The highest BCUT2D eigenvalue weighted by atomic mass is 35.5. The predicted octanol–water partition coefficient (Wildman–Crippen LogP) is 4.23. The molecule has 10 heteroatoms. The molecule has 0 spiro atoms. The van der Waals surface area contributed by atoms with Crippen molar-refractivity contribution < 1.29 is 14.3 Å². The molecule has 8 nitrogen and oxygen atoms in total. The number of thioether (sulfide) groups is 1. The summed E-state index contributed by atoms with van der Waals surface area (Å²) in [6.45, 7) is 6.13. The second-order valence-electron chi connectivity index (χ2n) is 8.67. The van der Waals surface area contributed by atoms with E-state index in [0.29, 0.717) is 34.8 Å². The third-order valence-electron chi connectivity index (χ3n) is 6.24. The van der Waals surface area contributed by atoms with Gasteiger partial charge in [-0.05, 0) is 42.7 Å². The topological polar surface area (TPSA) is 79.8 Å². The summed E-state index contributed by atoms with van der Waals surface area (Å²) in [4.78, 5) is 26.0. The van der Waals surface area contributed by atoms with E-state index >= 15 is 0 Å². The first kappa shape index (κ1) is 26.9. The maximum Gasteiger partial charge on any atom is 0.230 e. The minimum Gasteiger partial charge on any atom is -0.493 e. The second-order valence-corrected chi connectivity index (χ2v) is 10.00. The van der Waals surface area contributed by atoms with Crippen LogP contribution in [-0.2, 0) is 11.2 Å². The summed E-state index contributed by atoms with van der Waals surface area (Å²) < 4.78 is 10.6. The lowest BCUT2D eigenvalue weighted by molar-refractivity contribution is -0.118. The molecule has 2 aromatic carbocycles. The normalized spacial score (nSPS) is 13.4. The van der Waals surface area contributed by atoms with Gasteiger partial charge in [-0.3, -0.25) is 4.79 Å². The zero-order valence-electron chi connectivity index (χ0n) is 21.4. The van der Waals surface area contributed by atoms with Crippen LogP contribution in [-0.4, -0.2) is 68.6 Å². The molecule has 0 atom stereocenters. The first-order chi connectivity index (χ1) is 18.0. The molecular formula is C27H32ClN5O3S. The van der Waals surface area contributed by atoms with Crippen LogP contribution < -0.4 is 24.6 Å². The Labute approximate surface area is 227 Å². The molecule has 4 rings (SSSR count). The molecule has 1 fully saturated rings. The fourth-order valence-corrected chi connectivity index (χ4v) is 5.18. The molecule has 0 aliphatic carbocycles. The standard InChI is InChI=1S/C27H32ClN5O3S/c1-19-6-4-5-7-21(19)32-12-14-33(15-13-32)25-17-24(28)30-27(31-25)37-18-26(34)29-11-10-20-8-9-22(35-2)23(16-20)36-3/h4-9,16-17H,10-15,18H2,1-3H3,(H,29,34). The maximum absolute atomic E-state index is 12.4. The van der Waals surface area contributed by atoms with Crippen LogP contribution in [0.4, 0.5) is 11.5 Å². The molecule has 2 heterocycles. The number of aromatic nitrogens is 2. The average Bonchev–Trinajstić information content (AvgIpc) is 2.92. The van der Waals surface area contributed by atoms with E-state index in [4.69, 9.17) is 21.1 Å². The summed E-state index contributed by atoms with van der Waals surface area (Å²) in [5.41, 5.74) is 3.61. The molecule has 1 saturated heterocycles. The minimum absolute atomic E-state index is 0.0811. The van der Waals surface area contributed by atoms with E-state index in [1.807, 2.05) is 18.2 Å². The highest BCUT2D eigenvalue weighted by molar-refractivity contribution is 7.99. The number of amides is 1.